The lowest BCUT2D eigenvalue weighted by Crippen LogP contribution is -2.23. The van der Waals surface area contributed by atoms with Crippen molar-refractivity contribution in [1.29, 1.82) is 0 Å². The fraction of sp³-hybridized carbons (Fsp3) is 0.647. The second-order valence-electron chi connectivity index (χ2n) is 13.0. The molecule has 0 amide bonds. The van der Waals surface area contributed by atoms with E-state index in [4.69, 9.17) is 0 Å². The number of hydrogen-bond acceptors (Lipinski definition) is 1. The lowest BCUT2D eigenvalue weighted by molar-refractivity contribution is -0.275. The first-order valence-corrected chi connectivity index (χ1v) is 15.8. The standard InChI is InChI=1S/C34H41F7O/c1-2-3-20-4-6-21(7-5-20)8-9-22-10-16-26-27(18-22)32(37)33(38)30(31(26)36)24-13-11-23(12-14-24)25-15-17-29(28(35)19-25)42-34(39,40)41/h15,17,19-24H,2-14,16,18H2,1H3. The molecular weight excluding hydrogens is 557 g/mol. The Morgan fingerprint density at radius 1 is 0.690 bits per heavy atom. The van der Waals surface area contributed by atoms with Crippen LogP contribution in [0.15, 0.2) is 18.2 Å². The molecule has 3 aliphatic carbocycles. The molecular formula is C34H41F7O. The molecule has 2 saturated carbocycles. The molecule has 0 aliphatic heterocycles. The third kappa shape index (κ3) is 7.10. The van der Waals surface area contributed by atoms with Crippen molar-refractivity contribution in [2.24, 2.45) is 17.8 Å². The Labute approximate surface area is 244 Å². The summed E-state index contributed by atoms with van der Waals surface area (Å²) in [5, 5.41) is 0. The van der Waals surface area contributed by atoms with Crippen LogP contribution in [0.5, 0.6) is 5.75 Å². The average Bonchev–Trinajstić information content (AvgIpc) is 2.96. The van der Waals surface area contributed by atoms with E-state index in [0.29, 0.717) is 55.6 Å². The average molecular weight is 599 g/mol. The fourth-order valence-electron chi connectivity index (χ4n) is 7.97. The highest BCUT2D eigenvalue weighted by atomic mass is 19.4. The van der Waals surface area contributed by atoms with Crippen LogP contribution in [0, 0.1) is 41.0 Å². The molecule has 8 heteroatoms. The first-order chi connectivity index (χ1) is 20.0. The summed E-state index contributed by atoms with van der Waals surface area (Å²) in [4.78, 5) is 0. The molecule has 42 heavy (non-hydrogen) atoms. The van der Waals surface area contributed by atoms with Gasteiger partial charge in [-0.1, -0.05) is 57.9 Å². The lowest BCUT2D eigenvalue weighted by atomic mass is 9.73. The summed E-state index contributed by atoms with van der Waals surface area (Å²) in [7, 11) is 0. The second-order valence-corrected chi connectivity index (χ2v) is 13.0. The fourth-order valence-corrected chi connectivity index (χ4v) is 7.97. The Bertz CT molecular complexity index is 1220. The summed E-state index contributed by atoms with van der Waals surface area (Å²) in [6.07, 6.45) is 7.99. The summed E-state index contributed by atoms with van der Waals surface area (Å²) in [6, 6.07) is 3.37. The largest absolute Gasteiger partial charge is 0.573 e. The number of fused-ring (bicyclic) bond motifs is 1. The number of halogens is 7. The van der Waals surface area contributed by atoms with Crippen LogP contribution in [0.2, 0.25) is 0 Å². The Hall–Kier alpha value is -2.25. The molecule has 0 spiro atoms. The second kappa shape index (κ2) is 13.2. The zero-order chi connectivity index (χ0) is 30.0. The van der Waals surface area contributed by atoms with E-state index in [1.165, 1.54) is 44.6 Å². The maximum absolute atomic E-state index is 15.8. The molecule has 3 aliphatic rings. The molecule has 0 heterocycles. The third-order valence-corrected chi connectivity index (χ3v) is 10.3. The van der Waals surface area contributed by atoms with E-state index >= 15 is 13.2 Å². The molecule has 0 radical (unpaired) electrons. The van der Waals surface area contributed by atoms with E-state index in [0.717, 1.165) is 37.3 Å². The first-order valence-electron chi connectivity index (χ1n) is 15.8. The normalized spacial score (nSPS) is 26.6. The van der Waals surface area contributed by atoms with E-state index in [1.807, 2.05) is 0 Å². The van der Waals surface area contributed by atoms with Crippen LogP contribution >= 0.6 is 0 Å². The lowest BCUT2D eigenvalue weighted by Gasteiger charge is -2.33. The van der Waals surface area contributed by atoms with Gasteiger partial charge < -0.3 is 4.74 Å². The quantitative estimate of drug-likeness (QED) is 0.217. The van der Waals surface area contributed by atoms with Crippen molar-refractivity contribution in [3.05, 3.63) is 63.7 Å². The predicted molar refractivity (Wildman–Crippen MR) is 148 cm³/mol. The van der Waals surface area contributed by atoms with Crippen LogP contribution in [0.4, 0.5) is 30.7 Å². The van der Waals surface area contributed by atoms with Gasteiger partial charge >= 0.3 is 6.36 Å². The maximum Gasteiger partial charge on any atom is 0.573 e. The van der Waals surface area contributed by atoms with Gasteiger partial charge in [0.2, 0.25) is 0 Å². The van der Waals surface area contributed by atoms with Crippen molar-refractivity contribution in [2.75, 3.05) is 0 Å². The summed E-state index contributed by atoms with van der Waals surface area (Å²) in [5.41, 5.74) is 0.872. The number of ether oxygens (including phenoxy) is 1. The number of rotatable bonds is 8. The Balaban J connectivity index is 1.20. The van der Waals surface area contributed by atoms with E-state index in [1.54, 1.807) is 0 Å². The summed E-state index contributed by atoms with van der Waals surface area (Å²) in [5.74, 6) is -3.48. The minimum Gasteiger partial charge on any atom is -0.403 e. The monoisotopic (exact) mass is 598 g/mol. The van der Waals surface area contributed by atoms with Crippen molar-refractivity contribution in [1.82, 2.24) is 0 Å². The SMILES string of the molecule is CCCC1CCC(CCC2CCc3c(F)c(C4CCC(c5ccc(OC(F)(F)F)c(F)c5)CC4)c(F)c(F)c3C2)CC1. The zero-order valence-electron chi connectivity index (χ0n) is 24.3. The van der Waals surface area contributed by atoms with Crippen molar-refractivity contribution in [2.45, 2.75) is 121 Å². The van der Waals surface area contributed by atoms with Crippen LogP contribution < -0.4 is 4.74 Å². The molecule has 2 aromatic rings. The third-order valence-electron chi connectivity index (χ3n) is 10.3. The van der Waals surface area contributed by atoms with Gasteiger partial charge in [-0.3, -0.25) is 0 Å². The van der Waals surface area contributed by atoms with Gasteiger partial charge in [-0.05, 0) is 110 Å². The molecule has 0 saturated heterocycles. The van der Waals surface area contributed by atoms with E-state index in [9.17, 15) is 17.6 Å². The molecule has 2 fully saturated rings. The molecule has 1 atom stereocenters. The summed E-state index contributed by atoms with van der Waals surface area (Å²) < 4.78 is 102. The van der Waals surface area contributed by atoms with Gasteiger partial charge in [0.15, 0.2) is 23.2 Å². The van der Waals surface area contributed by atoms with Gasteiger partial charge in [-0.2, -0.15) is 0 Å². The number of benzene rings is 2. The Morgan fingerprint density at radius 2 is 1.31 bits per heavy atom. The van der Waals surface area contributed by atoms with Gasteiger partial charge in [0.1, 0.15) is 5.82 Å². The van der Waals surface area contributed by atoms with Crippen molar-refractivity contribution in [3.63, 3.8) is 0 Å². The van der Waals surface area contributed by atoms with Gasteiger partial charge in [0, 0.05) is 5.56 Å². The van der Waals surface area contributed by atoms with Gasteiger partial charge in [0.25, 0.3) is 0 Å². The van der Waals surface area contributed by atoms with Crippen molar-refractivity contribution in [3.8, 4) is 5.75 Å². The van der Waals surface area contributed by atoms with Crippen LogP contribution in [0.3, 0.4) is 0 Å². The maximum atomic E-state index is 15.8. The molecule has 2 aromatic carbocycles. The van der Waals surface area contributed by atoms with Crippen LogP contribution in [0.25, 0.3) is 0 Å². The molecule has 0 aromatic heterocycles. The topological polar surface area (TPSA) is 9.23 Å². The highest BCUT2D eigenvalue weighted by Crippen LogP contribution is 2.45. The van der Waals surface area contributed by atoms with Crippen LogP contribution in [0.1, 0.15) is 124 Å². The van der Waals surface area contributed by atoms with E-state index in [2.05, 4.69) is 11.7 Å². The molecule has 0 N–H and O–H groups in total. The minimum atomic E-state index is -4.99. The number of hydrogen-bond donors (Lipinski definition) is 0. The Kier molecular flexibility index (Phi) is 9.78. The molecule has 232 valence electrons. The smallest absolute Gasteiger partial charge is 0.403 e. The summed E-state index contributed by atoms with van der Waals surface area (Å²) in [6.45, 7) is 2.24. The van der Waals surface area contributed by atoms with Gasteiger partial charge in [0.05, 0.1) is 0 Å². The number of alkyl halides is 3. The molecule has 0 bridgehead atoms. The van der Waals surface area contributed by atoms with Gasteiger partial charge in [-0.15, -0.1) is 13.2 Å². The van der Waals surface area contributed by atoms with Crippen molar-refractivity contribution < 1.29 is 35.5 Å². The Morgan fingerprint density at radius 3 is 1.93 bits per heavy atom. The predicted octanol–water partition coefficient (Wildman–Crippen LogP) is 11.1. The van der Waals surface area contributed by atoms with Gasteiger partial charge in [-0.25, -0.2) is 17.6 Å². The first kappa shape index (κ1) is 31.2. The summed E-state index contributed by atoms with van der Waals surface area (Å²) >= 11 is 0. The molecule has 1 unspecified atom stereocenters. The van der Waals surface area contributed by atoms with Crippen molar-refractivity contribution >= 4 is 0 Å². The van der Waals surface area contributed by atoms with E-state index in [-0.39, 0.29) is 23.0 Å². The van der Waals surface area contributed by atoms with E-state index < -0.39 is 41.3 Å². The van der Waals surface area contributed by atoms with Crippen LogP contribution in [-0.2, 0) is 12.8 Å². The van der Waals surface area contributed by atoms with Crippen LogP contribution in [-0.4, -0.2) is 6.36 Å². The highest BCUT2D eigenvalue weighted by Gasteiger charge is 2.36. The highest BCUT2D eigenvalue weighted by molar-refractivity contribution is 5.41. The molecule has 1 nitrogen and oxygen atoms in total. The zero-order valence-corrected chi connectivity index (χ0v) is 24.3. The molecule has 5 rings (SSSR count). The minimum absolute atomic E-state index is 0.174.